The summed E-state index contributed by atoms with van der Waals surface area (Å²) < 4.78 is 41.8. The number of methoxy groups -OCH3 is 4. The minimum Gasteiger partial charge on any atom is -0.481 e. The van der Waals surface area contributed by atoms with Gasteiger partial charge < -0.3 is 60.3 Å². The van der Waals surface area contributed by atoms with Gasteiger partial charge in [0.05, 0.1) is 68.0 Å². The summed E-state index contributed by atoms with van der Waals surface area (Å²) in [4.78, 5) is 72.3. The molecule has 1 fully saturated rings. The van der Waals surface area contributed by atoms with Gasteiger partial charge in [0.1, 0.15) is 21.0 Å². The van der Waals surface area contributed by atoms with Gasteiger partial charge in [-0.1, -0.05) is 43.3 Å². The van der Waals surface area contributed by atoms with Gasteiger partial charge >= 0.3 is 131 Å². The third-order valence-electron chi connectivity index (χ3n) is 15.9. The van der Waals surface area contributed by atoms with E-state index in [-0.39, 0.29) is 58.7 Å². The second-order valence-corrected chi connectivity index (χ2v) is 37.9. The summed E-state index contributed by atoms with van der Waals surface area (Å²) in [5.41, 5.74) is 27.5. The van der Waals surface area contributed by atoms with Crippen LogP contribution in [0.3, 0.4) is 0 Å². The summed E-state index contributed by atoms with van der Waals surface area (Å²) >= 11 is 6.68. The molecule has 0 amide bonds. The molecule has 101 heavy (non-hydrogen) atoms. The number of rotatable bonds is 19. The van der Waals surface area contributed by atoms with Crippen LogP contribution >= 0.6 is 27.5 Å². The quantitative estimate of drug-likeness (QED) is 0.0431. The standard InChI is InChI=1S/C16H15N5O2.C12H18BNO3.C10H9BrN4O.C10H10N4O.C5H6ClN3O.C5H4N.3C4H9.CH4.Sn/c1-21-9-10(6-7-12(21)22)13-14(11-5-3-4-8-18-11)19-16(17)20-15(13)23-2;1-11(2)12(3,4)17-13(16-11)9-6-7-10(15)14(5)8-9;1-16-9-7(11)8(14-10(12)15-9)6-4-2-3-5-13-6;1-15-9-6-8(13-10(11)14-9)7-4-2-3-5-12-7;1-10-4-2-3(6)8-5(7)9-4;1-2-4-6-5-3-1;3*1-3-4-2;;/h3-9H,1-2H3,(H2,17,19,20);6-8H,1-5H3;2-5H,1H3,(H2,12,14,15);2-6H,1H3,(H2,11,13,14);2H,1H3,(H2,7,8,9);1-4H;3*1,3-4H2,2H3;1H4;. The van der Waals surface area contributed by atoms with E-state index in [4.69, 9.17) is 67.8 Å². The van der Waals surface area contributed by atoms with Crippen molar-refractivity contribution in [1.29, 1.82) is 0 Å². The Morgan fingerprint density at radius 3 is 1.42 bits per heavy atom. The van der Waals surface area contributed by atoms with E-state index in [9.17, 15) is 9.59 Å². The van der Waals surface area contributed by atoms with Gasteiger partial charge in [0.2, 0.25) is 58.4 Å². The number of nitrogen functional groups attached to an aromatic ring is 4. The van der Waals surface area contributed by atoms with Gasteiger partial charge in [-0.2, -0.15) is 19.9 Å². The van der Waals surface area contributed by atoms with Crippen molar-refractivity contribution >= 4 is 86.0 Å². The third-order valence-corrected chi connectivity index (χ3v) is 32.0. The Balaban J connectivity index is 0.000000221. The summed E-state index contributed by atoms with van der Waals surface area (Å²) in [5, 5.41) is 0.282. The van der Waals surface area contributed by atoms with Gasteiger partial charge in [0, 0.05) is 74.9 Å². The van der Waals surface area contributed by atoms with Crippen LogP contribution in [0, 0.1) is 0 Å². The number of ether oxygens (including phenoxy) is 4. The molecule has 10 aromatic heterocycles. The van der Waals surface area contributed by atoms with E-state index >= 15 is 0 Å². The number of anilines is 4. The molecular weight excluding hydrogens is 1480 g/mol. The number of hydrogen-bond acceptors (Lipinski definition) is 24. The van der Waals surface area contributed by atoms with Crippen molar-refractivity contribution in [2.24, 2.45) is 14.1 Å². The van der Waals surface area contributed by atoms with Crippen LogP contribution in [-0.4, -0.2) is 134 Å². The molecule has 11 rings (SSSR count). The van der Waals surface area contributed by atoms with Crippen molar-refractivity contribution in [3.05, 3.63) is 177 Å². The second-order valence-electron chi connectivity index (χ2n) is 23.6. The normalized spacial score (nSPS) is 12.3. The maximum Gasteiger partial charge on any atom is 0.496 e. The summed E-state index contributed by atoms with van der Waals surface area (Å²) in [6.07, 6.45) is 18.8. The fraction of sp³-hybridized carbons (Fsp3) is 0.352. The predicted octanol–water partition coefficient (Wildman–Crippen LogP) is 11.7. The second kappa shape index (κ2) is 40.3. The zero-order chi connectivity index (χ0) is 73.0. The van der Waals surface area contributed by atoms with Crippen LogP contribution in [0.15, 0.2) is 160 Å². The van der Waals surface area contributed by atoms with Gasteiger partial charge in [-0.15, -0.1) is 0 Å². The average Bonchev–Trinajstić information content (AvgIpc) is 1.41. The maximum atomic E-state index is 11.6. The first-order valence-corrected chi connectivity index (χ1v) is 41.0. The van der Waals surface area contributed by atoms with Crippen molar-refractivity contribution in [1.82, 2.24) is 68.9 Å². The molecule has 11 heterocycles. The average molecular weight is 1570 g/mol. The van der Waals surface area contributed by atoms with Gasteiger partial charge in [-0.3, -0.25) is 24.5 Å². The van der Waals surface area contributed by atoms with Crippen LogP contribution in [-0.2, 0) is 23.4 Å². The Morgan fingerprint density at radius 1 is 0.515 bits per heavy atom. The van der Waals surface area contributed by atoms with Gasteiger partial charge in [-0.25, -0.2) is 19.9 Å². The van der Waals surface area contributed by atoms with Gasteiger partial charge in [-0.05, 0) is 91.6 Å². The Hall–Kier alpha value is -9.23. The van der Waals surface area contributed by atoms with Crippen LogP contribution in [0.5, 0.6) is 23.5 Å². The number of halogens is 2. The van der Waals surface area contributed by atoms with Gasteiger partial charge in [0.25, 0.3) is 0 Å². The molecule has 8 N–H and O–H groups in total. The molecule has 1 saturated heterocycles. The van der Waals surface area contributed by atoms with Crippen molar-refractivity contribution in [3.8, 4) is 68.8 Å². The van der Waals surface area contributed by atoms with E-state index in [1.807, 2.05) is 88.5 Å². The molecular formula is C71H93BBrClN18O8Sn. The first-order chi connectivity index (χ1) is 47.8. The van der Waals surface area contributed by atoms with Crippen LogP contribution in [0.4, 0.5) is 23.8 Å². The molecule has 0 atom stereocenters. The molecule has 0 saturated carbocycles. The van der Waals surface area contributed by atoms with Crippen molar-refractivity contribution in [2.45, 2.75) is 119 Å². The molecule has 30 heteroatoms. The number of nitrogens with two attached hydrogens (primary N) is 4. The minimum absolute atomic E-state index is 0. The zero-order valence-electron chi connectivity index (χ0n) is 58.9. The molecule has 0 bridgehead atoms. The van der Waals surface area contributed by atoms with Crippen molar-refractivity contribution in [3.63, 3.8) is 0 Å². The first-order valence-electron chi connectivity index (χ1n) is 32.3. The number of aromatic nitrogens is 14. The Bertz CT molecular complexity index is 4260. The fourth-order valence-electron chi connectivity index (χ4n) is 9.97. The molecule has 0 unspecified atom stereocenters. The summed E-state index contributed by atoms with van der Waals surface area (Å²) in [5.74, 6) is 2.07. The van der Waals surface area contributed by atoms with Gasteiger partial charge in [0.15, 0.2) is 0 Å². The Morgan fingerprint density at radius 2 is 0.960 bits per heavy atom. The summed E-state index contributed by atoms with van der Waals surface area (Å²) in [6, 6.07) is 32.9. The maximum absolute atomic E-state index is 11.6. The van der Waals surface area contributed by atoms with Crippen LogP contribution in [0.2, 0.25) is 18.5 Å². The number of pyridine rings is 6. The van der Waals surface area contributed by atoms with E-state index in [0.717, 1.165) is 16.7 Å². The molecule has 10 aromatic rings. The molecule has 26 nitrogen and oxygen atoms in total. The SMILES string of the molecule is C.CCC[CH2][Sn]([CH2]CCC)([CH2]CCC)[c]1ccccn1.COc1cc(-c2ccccn2)nc(N)n1.COc1cc(Cl)nc(N)n1.COc1nc(N)nc(-c2ccccn2)c1-c1ccc(=O)n(C)c1.COc1nc(N)nc(-c2ccccn2)c1Br.Cn1cc(B2OC(C)(C)C(C)(C)O2)ccc1=O. The smallest absolute Gasteiger partial charge is 0.481 e. The molecule has 1 aliphatic heterocycles. The predicted molar refractivity (Wildman–Crippen MR) is 408 cm³/mol. The van der Waals surface area contributed by atoms with Crippen molar-refractivity contribution < 1.29 is 28.3 Å². The van der Waals surface area contributed by atoms with Crippen LogP contribution in [0.1, 0.15) is 94.4 Å². The topological polar surface area (TPSA) is 358 Å². The van der Waals surface area contributed by atoms with E-state index in [1.54, 1.807) is 67.0 Å². The molecule has 0 aliphatic carbocycles. The van der Waals surface area contributed by atoms with E-state index < -0.39 is 25.5 Å². The molecule has 0 radical (unpaired) electrons. The van der Waals surface area contributed by atoms with E-state index in [0.29, 0.717) is 62.0 Å². The monoisotopic (exact) mass is 1570 g/mol. The number of nitrogens with zero attached hydrogens (tertiary/aromatic N) is 14. The van der Waals surface area contributed by atoms with Crippen LogP contribution in [0.25, 0.3) is 45.3 Å². The molecule has 1 aliphatic rings. The number of aryl methyl sites for hydroxylation is 2. The van der Waals surface area contributed by atoms with Crippen LogP contribution < -0.4 is 62.2 Å². The minimum atomic E-state index is -2.21. The van der Waals surface area contributed by atoms with E-state index in [2.05, 4.69) is 110 Å². The summed E-state index contributed by atoms with van der Waals surface area (Å²) in [6.45, 7) is 15.0. The first kappa shape index (κ1) is 82.4. The fourth-order valence-corrected chi connectivity index (χ4v) is 26.1. The third kappa shape index (κ3) is 24.0. The zero-order valence-corrected chi connectivity index (χ0v) is 64.1. The largest absolute Gasteiger partial charge is 0.496 e. The Kier molecular flexibility index (Phi) is 32.9. The van der Waals surface area contributed by atoms with E-state index in [1.165, 1.54) is 108 Å². The molecule has 0 aromatic carbocycles. The Labute approximate surface area is 609 Å². The number of unbranched alkanes of at least 4 members (excludes halogenated alkanes) is 3. The van der Waals surface area contributed by atoms with Crippen molar-refractivity contribution in [2.75, 3.05) is 51.4 Å². The summed E-state index contributed by atoms with van der Waals surface area (Å²) in [7, 11) is 9.03. The molecule has 536 valence electrons. The number of hydrogen-bond donors (Lipinski definition) is 4. The molecule has 0 spiro atoms.